The fourth-order valence-electron chi connectivity index (χ4n) is 1.25. The van der Waals surface area contributed by atoms with Crippen molar-refractivity contribution in [1.82, 2.24) is 5.32 Å². The van der Waals surface area contributed by atoms with Gasteiger partial charge in [0.2, 0.25) is 0 Å². The summed E-state index contributed by atoms with van der Waals surface area (Å²) >= 11 is 0. The molecular formula is C12H15FN2O3. The van der Waals surface area contributed by atoms with E-state index in [1.165, 1.54) is 31.2 Å². The Bertz CT molecular complexity index is 433. The Labute approximate surface area is 104 Å². The van der Waals surface area contributed by atoms with Crippen molar-refractivity contribution < 1.29 is 19.1 Å². The van der Waals surface area contributed by atoms with Crippen LogP contribution in [0, 0.1) is 11.7 Å². The van der Waals surface area contributed by atoms with Gasteiger partial charge in [-0.1, -0.05) is 0 Å². The molecule has 2 atom stereocenters. The van der Waals surface area contributed by atoms with Gasteiger partial charge in [-0.2, -0.15) is 0 Å². The van der Waals surface area contributed by atoms with Gasteiger partial charge in [-0.15, -0.1) is 0 Å². The van der Waals surface area contributed by atoms with E-state index in [1.807, 2.05) is 0 Å². The molecule has 5 nitrogen and oxygen atoms in total. The van der Waals surface area contributed by atoms with Crippen molar-refractivity contribution in [3.63, 3.8) is 0 Å². The first-order valence-electron chi connectivity index (χ1n) is 5.46. The van der Waals surface area contributed by atoms with Crippen LogP contribution in [-0.2, 0) is 4.79 Å². The molecule has 3 N–H and O–H groups in total. The predicted octanol–water partition coefficient (Wildman–Crippen LogP) is 2.06. The van der Waals surface area contributed by atoms with Crippen LogP contribution in [0.1, 0.15) is 13.8 Å². The molecule has 0 bridgehead atoms. The van der Waals surface area contributed by atoms with E-state index in [2.05, 4.69) is 10.6 Å². The summed E-state index contributed by atoms with van der Waals surface area (Å²) in [5.74, 6) is -2.07. The summed E-state index contributed by atoms with van der Waals surface area (Å²) in [7, 11) is 0. The van der Waals surface area contributed by atoms with Crippen molar-refractivity contribution in [3.8, 4) is 0 Å². The Morgan fingerprint density at radius 2 is 1.78 bits per heavy atom. The van der Waals surface area contributed by atoms with E-state index in [-0.39, 0.29) is 0 Å². The normalized spacial score (nSPS) is 13.5. The molecule has 1 aromatic carbocycles. The third kappa shape index (κ3) is 4.04. The van der Waals surface area contributed by atoms with Crippen LogP contribution >= 0.6 is 0 Å². The van der Waals surface area contributed by atoms with Crippen molar-refractivity contribution in [2.75, 3.05) is 5.32 Å². The topological polar surface area (TPSA) is 78.4 Å². The Kier molecular flexibility index (Phi) is 4.65. The number of carbonyl (C=O) groups excluding carboxylic acids is 1. The van der Waals surface area contributed by atoms with Crippen LogP contribution in [0.3, 0.4) is 0 Å². The van der Waals surface area contributed by atoms with E-state index in [4.69, 9.17) is 5.11 Å². The molecule has 2 unspecified atom stereocenters. The molecule has 0 fully saturated rings. The first kappa shape index (κ1) is 14.0. The van der Waals surface area contributed by atoms with Gasteiger partial charge in [-0.3, -0.25) is 4.79 Å². The van der Waals surface area contributed by atoms with Crippen LogP contribution < -0.4 is 10.6 Å². The second-order valence-electron chi connectivity index (χ2n) is 4.02. The highest BCUT2D eigenvalue weighted by Crippen LogP contribution is 2.08. The maximum absolute atomic E-state index is 12.6. The molecular weight excluding hydrogens is 239 g/mol. The third-order valence-corrected chi connectivity index (χ3v) is 2.60. The average molecular weight is 254 g/mol. The maximum atomic E-state index is 12.6. The minimum absolute atomic E-state index is 0.395. The Hall–Kier alpha value is -2.11. The Morgan fingerprint density at radius 1 is 1.22 bits per heavy atom. The molecule has 0 spiro atoms. The average Bonchev–Trinajstić information content (AvgIpc) is 2.30. The van der Waals surface area contributed by atoms with Gasteiger partial charge < -0.3 is 15.7 Å². The zero-order valence-electron chi connectivity index (χ0n) is 10.1. The number of anilines is 1. The van der Waals surface area contributed by atoms with E-state index in [9.17, 15) is 14.0 Å². The largest absolute Gasteiger partial charge is 0.481 e. The number of amides is 2. The Balaban J connectivity index is 2.51. The van der Waals surface area contributed by atoms with E-state index < -0.39 is 29.8 Å². The van der Waals surface area contributed by atoms with Crippen LogP contribution in [0.25, 0.3) is 0 Å². The number of hydrogen-bond donors (Lipinski definition) is 3. The standard InChI is InChI=1S/C12H15FN2O3/c1-7(11(16)17)8(2)14-12(18)15-10-5-3-9(13)4-6-10/h3-8H,1-2H3,(H,16,17)(H2,14,15,18). The van der Waals surface area contributed by atoms with Gasteiger partial charge in [0.1, 0.15) is 5.82 Å². The zero-order valence-corrected chi connectivity index (χ0v) is 10.1. The van der Waals surface area contributed by atoms with Crippen LogP contribution in [0.4, 0.5) is 14.9 Å². The molecule has 1 aromatic rings. The number of hydrogen-bond acceptors (Lipinski definition) is 2. The van der Waals surface area contributed by atoms with E-state index in [0.717, 1.165) is 0 Å². The van der Waals surface area contributed by atoms with Crippen molar-refractivity contribution in [2.24, 2.45) is 5.92 Å². The van der Waals surface area contributed by atoms with Crippen molar-refractivity contribution in [1.29, 1.82) is 0 Å². The van der Waals surface area contributed by atoms with Crippen LogP contribution in [0.15, 0.2) is 24.3 Å². The van der Waals surface area contributed by atoms with Gasteiger partial charge in [-0.25, -0.2) is 9.18 Å². The monoisotopic (exact) mass is 254 g/mol. The van der Waals surface area contributed by atoms with Crippen molar-refractivity contribution >= 4 is 17.7 Å². The lowest BCUT2D eigenvalue weighted by Gasteiger charge is -2.18. The number of carbonyl (C=O) groups is 2. The van der Waals surface area contributed by atoms with Crippen molar-refractivity contribution in [2.45, 2.75) is 19.9 Å². The summed E-state index contributed by atoms with van der Waals surface area (Å²) in [5, 5.41) is 13.8. The van der Waals surface area contributed by atoms with Gasteiger partial charge in [-0.05, 0) is 38.1 Å². The molecule has 2 amide bonds. The summed E-state index contributed by atoms with van der Waals surface area (Å²) in [5.41, 5.74) is 0.434. The van der Waals surface area contributed by atoms with E-state index in [0.29, 0.717) is 5.69 Å². The molecule has 1 rings (SSSR count). The molecule has 6 heteroatoms. The number of aliphatic carboxylic acids is 1. The van der Waals surface area contributed by atoms with Gasteiger partial charge in [0.15, 0.2) is 0 Å². The molecule has 0 aliphatic rings. The summed E-state index contributed by atoms with van der Waals surface area (Å²) in [6.45, 7) is 3.11. The fourth-order valence-corrected chi connectivity index (χ4v) is 1.25. The predicted molar refractivity (Wildman–Crippen MR) is 64.8 cm³/mol. The number of urea groups is 1. The first-order chi connectivity index (χ1) is 8.40. The minimum Gasteiger partial charge on any atom is -0.481 e. The molecule has 0 aliphatic heterocycles. The van der Waals surface area contributed by atoms with Gasteiger partial charge in [0.25, 0.3) is 0 Å². The number of rotatable bonds is 4. The molecule has 0 saturated carbocycles. The van der Waals surface area contributed by atoms with E-state index in [1.54, 1.807) is 6.92 Å². The smallest absolute Gasteiger partial charge is 0.319 e. The highest BCUT2D eigenvalue weighted by atomic mass is 19.1. The third-order valence-electron chi connectivity index (χ3n) is 2.60. The first-order valence-corrected chi connectivity index (χ1v) is 5.46. The highest BCUT2D eigenvalue weighted by Gasteiger charge is 2.20. The zero-order chi connectivity index (χ0) is 13.7. The fraction of sp³-hybridized carbons (Fsp3) is 0.333. The molecule has 0 aliphatic carbocycles. The lowest BCUT2D eigenvalue weighted by Crippen LogP contribution is -2.42. The second kappa shape index (κ2) is 6.00. The SMILES string of the molecule is CC(NC(=O)Nc1ccc(F)cc1)C(C)C(=O)O. The lowest BCUT2D eigenvalue weighted by atomic mass is 10.0. The number of nitrogens with one attached hydrogen (secondary N) is 2. The molecule has 18 heavy (non-hydrogen) atoms. The number of carboxylic acid groups (broad SMARTS) is 1. The molecule has 98 valence electrons. The minimum atomic E-state index is -0.982. The summed E-state index contributed by atoms with van der Waals surface area (Å²) in [6, 6.07) is 4.24. The van der Waals surface area contributed by atoms with Crippen molar-refractivity contribution in [3.05, 3.63) is 30.1 Å². The summed E-state index contributed by atoms with van der Waals surface area (Å²) in [4.78, 5) is 22.2. The quantitative estimate of drug-likeness (QED) is 0.769. The van der Waals surface area contributed by atoms with Gasteiger partial charge in [0.05, 0.1) is 5.92 Å². The van der Waals surface area contributed by atoms with Crippen LogP contribution in [0.5, 0.6) is 0 Å². The lowest BCUT2D eigenvalue weighted by molar-refractivity contribution is -0.141. The summed E-state index contributed by atoms with van der Waals surface area (Å²) < 4.78 is 12.6. The van der Waals surface area contributed by atoms with Gasteiger partial charge >= 0.3 is 12.0 Å². The molecule has 0 saturated heterocycles. The van der Waals surface area contributed by atoms with Crippen LogP contribution in [-0.4, -0.2) is 23.1 Å². The van der Waals surface area contributed by atoms with E-state index >= 15 is 0 Å². The molecule has 0 aromatic heterocycles. The number of halogens is 1. The van der Waals surface area contributed by atoms with Crippen LogP contribution in [0.2, 0.25) is 0 Å². The molecule has 0 heterocycles. The second-order valence-corrected chi connectivity index (χ2v) is 4.02. The maximum Gasteiger partial charge on any atom is 0.319 e. The number of carboxylic acids is 1. The Morgan fingerprint density at radius 3 is 2.28 bits per heavy atom. The van der Waals surface area contributed by atoms with Gasteiger partial charge in [0, 0.05) is 11.7 Å². The summed E-state index contributed by atoms with van der Waals surface area (Å²) in [6.07, 6.45) is 0. The molecule has 0 radical (unpaired) electrons. The number of benzene rings is 1. The highest BCUT2D eigenvalue weighted by molar-refractivity contribution is 5.89.